The maximum atomic E-state index is 4.88. The lowest BCUT2D eigenvalue weighted by Crippen LogP contribution is -1.78. The predicted octanol–water partition coefficient (Wildman–Crippen LogP) is 2.79. The lowest BCUT2D eigenvalue weighted by molar-refractivity contribution is 0.341. The summed E-state index contributed by atoms with van der Waals surface area (Å²) < 4.78 is 4.25. The second-order valence-corrected chi connectivity index (χ2v) is 3.74. The Balaban J connectivity index is 0. The van der Waals surface area contributed by atoms with Gasteiger partial charge in [-0.1, -0.05) is 33.1 Å². The molecule has 0 aromatic heterocycles. The van der Waals surface area contributed by atoms with Crippen LogP contribution < -0.4 is 0 Å². The van der Waals surface area contributed by atoms with E-state index in [0.29, 0.717) is 6.61 Å². The van der Waals surface area contributed by atoms with Gasteiger partial charge in [0, 0.05) is 0 Å². The van der Waals surface area contributed by atoms with E-state index in [4.69, 9.17) is 11.9 Å². The Morgan fingerprint density at radius 3 is 1.82 bits per heavy atom. The van der Waals surface area contributed by atoms with Crippen LogP contribution in [0, 0.1) is 0 Å². The van der Waals surface area contributed by atoms with E-state index < -0.39 is 0 Å². The zero-order valence-corrected chi connectivity index (χ0v) is 10.8. The summed E-state index contributed by atoms with van der Waals surface area (Å²) in [5, 5.41) is 1.48. The molecule has 68 valence electrons. The molecule has 0 atom stereocenters. The van der Waals surface area contributed by atoms with Gasteiger partial charge in [0.1, 0.15) is 0 Å². The van der Waals surface area contributed by atoms with Crippen LogP contribution in [0.15, 0.2) is 0 Å². The zero-order chi connectivity index (χ0) is 8.95. The molecule has 0 aliphatic heterocycles. The van der Waals surface area contributed by atoms with Crippen LogP contribution in [0.25, 0.3) is 0 Å². The van der Waals surface area contributed by atoms with Crippen LogP contribution in [0.4, 0.5) is 0 Å². The molecule has 0 unspecified atom stereocenters. The van der Waals surface area contributed by atoms with Crippen molar-refractivity contribution in [3.05, 3.63) is 0 Å². The van der Waals surface area contributed by atoms with E-state index in [1.54, 1.807) is 0 Å². The highest BCUT2D eigenvalue weighted by molar-refractivity contribution is 6.08. The molecule has 11 heavy (non-hydrogen) atoms. The Morgan fingerprint density at radius 2 is 1.73 bits per heavy atom. The minimum absolute atomic E-state index is 0.679. The van der Waals surface area contributed by atoms with Gasteiger partial charge in [0.05, 0.1) is 18.5 Å². The lowest BCUT2D eigenvalue weighted by Gasteiger charge is -1.86. The summed E-state index contributed by atoms with van der Waals surface area (Å²) in [6, 6.07) is 0. The van der Waals surface area contributed by atoms with Crippen molar-refractivity contribution in [1.82, 2.24) is 0 Å². The Labute approximate surface area is 84.1 Å². The van der Waals surface area contributed by atoms with E-state index >= 15 is 0 Å². The predicted molar refractivity (Wildman–Crippen MR) is 55.0 cm³/mol. The standard InChI is InChI=1S/C4H9ClO.C4H9.Al.2H/c1-2-3-4-6-5;1-3-4-2;;;/h2-4H2,1H3;1,3-4H2,2H3;;;. The van der Waals surface area contributed by atoms with Crippen molar-refractivity contribution < 1.29 is 4.29 Å². The van der Waals surface area contributed by atoms with E-state index in [1.807, 2.05) is 0 Å². The Morgan fingerprint density at radius 1 is 1.18 bits per heavy atom. The van der Waals surface area contributed by atoms with Crippen LogP contribution in [-0.4, -0.2) is 22.9 Å². The minimum Gasteiger partial charge on any atom is -0.279 e. The monoisotopic (exact) mass is 194 g/mol. The molecular formula is C8H20AlClO. The smallest absolute Gasteiger partial charge is 0.211 e. The van der Waals surface area contributed by atoms with Crippen molar-refractivity contribution in [2.24, 2.45) is 0 Å². The maximum Gasteiger partial charge on any atom is 0.211 e. The van der Waals surface area contributed by atoms with Gasteiger partial charge in [-0.2, -0.15) is 0 Å². The highest BCUT2D eigenvalue weighted by Crippen LogP contribution is 1.88. The van der Waals surface area contributed by atoms with Gasteiger partial charge in [0.25, 0.3) is 0 Å². The van der Waals surface area contributed by atoms with Gasteiger partial charge < -0.3 is 0 Å². The first kappa shape index (κ1) is 14.3. The van der Waals surface area contributed by atoms with Gasteiger partial charge in [0.15, 0.2) is 0 Å². The van der Waals surface area contributed by atoms with E-state index in [9.17, 15) is 0 Å². The maximum absolute atomic E-state index is 4.88. The molecule has 0 aliphatic carbocycles. The molecule has 0 amide bonds. The Bertz CT molecular complexity index is 47.4. The van der Waals surface area contributed by atoms with Crippen molar-refractivity contribution >= 4 is 28.2 Å². The van der Waals surface area contributed by atoms with Crippen LogP contribution in [0.3, 0.4) is 0 Å². The average Bonchev–Trinajstić information content (AvgIpc) is 2.04. The molecule has 3 heteroatoms. The highest BCUT2D eigenvalue weighted by atomic mass is 35.5. The fourth-order valence-electron chi connectivity index (χ4n) is 0.552. The lowest BCUT2D eigenvalue weighted by atomic mass is 10.4. The molecule has 0 aromatic rings. The van der Waals surface area contributed by atoms with E-state index in [2.05, 4.69) is 18.1 Å². The molecule has 0 spiro atoms. The van der Waals surface area contributed by atoms with Crippen LogP contribution >= 0.6 is 11.9 Å². The average molecular weight is 195 g/mol. The summed E-state index contributed by atoms with van der Waals surface area (Å²) in [5.41, 5.74) is 0. The summed E-state index contributed by atoms with van der Waals surface area (Å²) in [6.07, 6.45) is 5.03. The highest BCUT2D eigenvalue weighted by Gasteiger charge is 1.76. The fraction of sp³-hybridized carbons (Fsp3) is 1.00. The van der Waals surface area contributed by atoms with Crippen LogP contribution in [0.2, 0.25) is 5.28 Å². The largest absolute Gasteiger partial charge is 0.279 e. The van der Waals surface area contributed by atoms with E-state index in [0.717, 1.165) is 12.8 Å². The zero-order valence-electron chi connectivity index (χ0n) is 8.03. The summed E-state index contributed by atoms with van der Waals surface area (Å²) in [7, 11) is 0. The third kappa shape index (κ3) is 24.9. The first-order valence-corrected chi connectivity index (χ1v) is 6.29. The molecule has 0 saturated carbocycles. The fourth-order valence-corrected chi connectivity index (χ4v) is 1.37. The van der Waals surface area contributed by atoms with Crippen LogP contribution in [-0.2, 0) is 4.29 Å². The third-order valence-electron chi connectivity index (χ3n) is 1.28. The van der Waals surface area contributed by atoms with Crippen LogP contribution in [0.1, 0.15) is 39.5 Å². The number of unbranched alkanes of at least 4 members (excludes halogenated alkanes) is 2. The molecule has 0 radical (unpaired) electrons. The Hall–Kier alpha value is 0.782. The Kier molecular flexibility index (Phi) is 22.2. The van der Waals surface area contributed by atoms with Gasteiger partial charge in [-0.05, 0) is 6.42 Å². The van der Waals surface area contributed by atoms with Gasteiger partial charge in [-0.25, -0.2) is 0 Å². The van der Waals surface area contributed by atoms with Crippen molar-refractivity contribution in [3.8, 4) is 0 Å². The number of hydrogen-bond acceptors (Lipinski definition) is 1. The van der Waals surface area contributed by atoms with Crippen molar-refractivity contribution in [3.63, 3.8) is 0 Å². The quantitative estimate of drug-likeness (QED) is 0.483. The van der Waals surface area contributed by atoms with Crippen molar-refractivity contribution in [2.75, 3.05) is 6.61 Å². The molecule has 0 aliphatic rings. The molecule has 0 saturated heterocycles. The van der Waals surface area contributed by atoms with Gasteiger partial charge in [-0.3, -0.25) is 4.29 Å². The number of halogens is 1. The van der Waals surface area contributed by atoms with E-state index in [-0.39, 0.29) is 0 Å². The van der Waals surface area contributed by atoms with Gasteiger partial charge in [-0.15, -0.1) is 5.28 Å². The second-order valence-electron chi connectivity index (χ2n) is 2.52. The molecule has 0 heterocycles. The summed E-state index contributed by atoms with van der Waals surface area (Å²) in [5.74, 6) is 0. The molecular weight excluding hydrogens is 175 g/mol. The van der Waals surface area contributed by atoms with Crippen molar-refractivity contribution in [1.29, 1.82) is 0 Å². The first-order chi connectivity index (χ1) is 5.33. The third-order valence-corrected chi connectivity index (χ3v) is 2.14. The van der Waals surface area contributed by atoms with E-state index in [1.165, 1.54) is 34.4 Å². The van der Waals surface area contributed by atoms with Gasteiger partial charge >= 0.3 is 0 Å². The number of hydrogen-bond donors (Lipinski definition) is 0. The molecule has 0 aromatic carbocycles. The summed E-state index contributed by atoms with van der Waals surface area (Å²) >= 11 is 6.28. The molecule has 0 bridgehead atoms. The summed E-state index contributed by atoms with van der Waals surface area (Å²) in [6.45, 7) is 5.01. The molecule has 0 rings (SSSR count). The van der Waals surface area contributed by atoms with Crippen LogP contribution in [0.5, 0.6) is 0 Å². The van der Waals surface area contributed by atoms with Gasteiger partial charge in [0.2, 0.25) is 16.3 Å². The number of rotatable bonds is 5. The van der Waals surface area contributed by atoms with Crippen molar-refractivity contribution in [2.45, 2.75) is 44.8 Å². The summed E-state index contributed by atoms with van der Waals surface area (Å²) in [4.78, 5) is 0. The molecule has 0 N–H and O–H groups in total. The topological polar surface area (TPSA) is 9.23 Å². The normalized spacial score (nSPS) is 8.64. The first-order valence-electron chi connectivity index (χ1n) is 4.56. The second kappa shape index (κ2) is 17.0. The minimum atomic E-state index is 0.679. The molecule has 0 fully saturated rings. The SMILES string of the molecule is CCCCOCl.CCC[CH2][AlH2]. The molecule has 1 nitrogen and oxygen atoms in total.